The van der Waals surface area contributed by atoms with Crippen molar-refractivity contribution in [3.63, 3.8) is 0 Å². The van der Waals surface area contributed by atoms with Crippen molar-refractivity contribution in [2.75, 3.05) is 19.6 Å². The van der Waals surface area contributed by atoms with E-state index in [0.29, 0.717) is 48.2 Å². The maximum atomic E-state index is 13.5. The Bertz CT molecular complexity index is 1370. The summed E-state index contributed by atoms with van der Waals surface area (Å²) in [6.45, 7) is 1.47. The van der Waals surface area contributed by atoms with E-state index in [1.807, 2.05) is 0 Å². The smallest absolute Gasteiger partial charge is 0.404 e. The summed E-state index contributed by atoms with van der Waals surface area (Å²) in [7, 11) is 0. The van der Waals surface area contributed by atoms with Gasteiger partial charge in [0.15, 0.2) is 0 Å². The monoisotopic (exact) mass is 511 g/mol. The Morgan fingerprint density at radius 3 is 2.05 bits per heavy atom. The number of hydrogen-bond acceptors (Lipinski definition) is 7. The lowest BCUT2D eigenvalue weighted by molar-refractivity contribution is 0.0684. The minimum absolute atomic E-state index is 0.0682. The molecule has 1 aromatic heterocycles. The second-order valence-electron chi connectivity index (χ2n) is 8.73. The van der Waals surface area contributed by atoms with Gasteiger partial charge < -0.3 is 24.8 Å². The molecule has 4 rings (SSSR count). The zero-order valence-corrected chi connectivity index (χ0v) is 20.5. The molecule has 1 aliphatic rings. The molecule has 3 aromatic rings. The minimum Gasteiger partial charge on any atom is -0.465 e. The van der Waals surface area contributed by atoms with Crippen LogP contribution in [0.1, 0.15) is 40.7 Å². The molecular weight excluding hydrogens is 486 g/mol. The van der Waals surface area contributed by atoms with Crippen molar-refractivity contribution in [2.24, 2.45) is 5.92 Å². The molecule has 0 unspecified atom stereocenters. The topological polar surface area (TPSA) is 149 Å². The highest BCUT2D eigenvalue weighted by molar-refractivity contribution is 5.96. The van der Waals surface area contributed by atoms with E-state index < -0.39 is 6.09 Å². The standard InChI is InChI=1S/C28H25N5O5/c29-17-20-1-5-22(6-2-20)37-25-10-9-24(26(32-25)38-23-7-3-21(18-30)4-8-23)27(34)33-15-12-19(13-16-33)11-14-31-28(35)36/h1-10,19,31H,11-16H2,(H,35,36). The highest BCUT2D eigenvalue weighted by atomic mass is 16.5. The third-order valence-electron chi connectivity index (χ3n) is 6.20. The first-order chi connectivity index (χ1) is 18.4. The number of nitrogens with zero attached hydrogens (tertiary/aromatic N) is 4. The van der Waals surface area contributed by atoms with Gasteiger partial charge in [-0.1, -0.05) is 0 Å². The van der Waals surface area contributed by atoms with Crippen LogP contribution in [0.25, 0.3) is 0 Å². The lowest BCUT2D eigenvalue weighted by atomic mass is 9.93. The molecule has 0 atom stereocenters. The maximum Gasteiger partial charge on any atom is 0.404 e. The number of aromatic nitrogens is 1. The van der Waals surface area contributed by atoms with Gasteiger partial charge in [-0.15, -0.1) is 0 Å². The van der Waals surface area contributed by atoms with E-state index in [2.05, 4.69) is 22.4 Å². The number of benzene rings is 2. The van der Waals surface area contributed by atoms with Gasteiger partial charge in [0, 0.05) is 25.7 Å². The molecule has 38 heavy (non-hydrogen) atoms. The van der Waals surface area contributed by atoms with E-state index in [-0.39, 0.29) is 23.2 Å². The van der Waals surface area contributed by atoms with Crippen LogP contribution in [-0.4, -0.2) is 46.6 Å². The van der Waals surface area contributed by atoms with Crippen LogP contribution in [0, 0.1) is 28.6 Å². The molecule has 10 heteroatoms. The number of rotatable bonds is 8. The lowest BCUT2D eigenvalue weighted by Crippen LogP contribution is -2.39. The number of likely N-dealkylation sites (tertiary alicyclic amines) is 1. The first-order valence-electron chi connectivity index (χ1n) is 12.1. The van der Waals surface area contributed by atoms with Crippen molar-refractivity contribution >= 4 is 12.0 Å². The Kier molecular flexibility index (Phi) is 8.37. The van der Waals surface area contributed by atoms with E-state index in [1.165, 1.54) is 0 Å². The summed E-state index contributed by atoms with van der Waals surface area (Å²) in [6, 6.07) is 20.3. The average Bonchev–Trinajstić information content (AvgIpc) is 2.94. The molecule has 2 heterocycles. The second kappa shape index (κ2) is 12.2. The SMILES string of the molecule is N#Cc1ccc(Oc2ccc(C(=O)N3CCC(CCNC(=O)O)CC3)c(Oc3ccc(C#N)cc3)n2)cc1. The average molecular weight is 512 g/mol. The van der Waals surface area contributed by atoms with Gasteiger partial charge in [0.2, 0.25) is 11.8 Å². The van der Waals surface area contributed by atoms with Crippen LogP contribution in [0.5, 0.6) is 23.3 Å². The fourth-order valence-electron chi connectivity index (χ4n) is 4.13. The van der Waals surface area contributed by atoms with Crippen LogP contribution >= 0.6 is 0 Å². The molecule has 0 radical (unpaired) electrons. The van der Waals surface area contributed by atoms with Crippen molar-refractivity contribution in [1.82, 2.24) is 15.2 Å². The molecule has 0 spiro atoms. The molecule has 0 aliphatic carbocycles. The summed E-state index contributed by atoms with van der Waals surface area (Å²) in [5, 5.41) is 29.2. The Morgan fingerprint density at radius 1 is 0.921 bits per heavy atom. The van der Waals surface area contributed by atoms with E-state index in [0.717, 1.165) is 19.3 Å². The number of nitrogens with one attached hydrogen (secondary N) is 1. The van der Waals surface area contributed by atoms with E-state index in [4.69, 9.17) is 25.1 Å². The normalized spacial score (nSPS) is 13.2. The molecule has 2 N–H and O–H groups in total. The summed E-state index contributed by atoms with van der Waals surface area (Å²) in [6.07, 6.45) is 1.23. The van der Waals surface area contributed by atoms with Crippen molar-refractivity contribution in [2.45, 2.75) is 19.3 Å². The second-order valence-corrected chi connectivity index (χ2v) is 8.73. The summed E-state index contributed by atoms with van der Waals surface area (Å²) >= 11 is 0. The number of piperidine rings is 1. The molecule has 192 valence electrons. The van der Waals surface area contributed by atoms with E-state index in [1.54, 1.807) is 65.6 Å². The van der Waals surface area contributed by atoms with E-state index in [9.17, 15) is 9.59 Å². The molecule has 1 saturated heterocycles. The summed E-state index contributed by atoms with van der Waals surface area (Å²) < 4.78 is 11.8. The Balaban J connectivity index is 1.52. The third-order valence-corrected chi connectivity index (χ3v) is 6.20. The van der Waals surface area contributed by atoms with Crippen molar-refractivity contribution in [3.05, 3.63) is 77.4 Å². The predicted molar refractivity (Wildman–Crippen MR) is 136 cm³/mol. The zero-order valence-electron chi connectivity index (χ0n) is 20.5. The Morgan fingerprint density at radius 2 is 1.50 bits per heavy atom. The van der Waals surface area contributed by atoms with Crippen LogP contribution in [0.4, 0.5) is 4.79 Å². The van der Waals surface area contributed by atoms with Crippen LogP contribution in [0.15, 0.2) is 60.7 Å². The first kappa shape index (κ1) is 26.0. The number of pyridine rings is 1. The number of hydrogen-bond donors (Lipinski definition) is 2. The van der Waals surface area contributed by atoms with Crippen molar-refractivity contribution in [3.8, 4) is 35.4 Å². The fourth-order valence-corrected chi connectivity index (χ4v) is 4.13. The van der Waals surface area contributed by atoms with Crippen LogP contribution in [0.3, 0.4) is 0 Å². The van der Waals surface area contributed by atoms with Gasteiger partial charge in [-0.05, 0) is 79.8 Å². The van der Waals surface area contributed by atoms with E-state index >= 15 is 0 Å². The minimum atomic E-state index is -1.04. The third kappa shape index (κ3) is 6.77. The predicted octanol–water partition coefficient (Wildman–Crippen LogP) is 4.92. The summed E-state index contributed by atoms with van der Waals surface area (Å²) in [5.74, 6) is 1.26. The highest BCUT2D eigenvalue weighted by Gasteiger charge is 2.27. The molecule has 0 saturated carbocycles. The first-order valence-corrected chi connectivity index (χ1v) is 12.1. The number of ether oxygens (including phenoxy) is 2. The lowest BCUT2D eigenvalue weighted by Gasteiger charge is -2.32. The largest absolute Gasteiger partial charge is 0.465 e. The van der Waals surface area contributed by atoms with Gasteiger partial charge >= 0.3 is 6.09 Å². The fraction of sp³-hybridized carbons (Fsp3) is 0.250. The zero-order chi connectivity index (χ0) is 26.9. The Labute approximate surface area is 219 Å². The number of carbonyl (C=O) groups excluding carboxylic acids is 1. The quantitative estimate of drug-likeness (QED) is 0.433. The van der Waals surface area contributed by atoms with Gasteiger partial charge in [0.25, 0.3) is 5.91 Å². The molecule has 1 aliphatic heterocycles. The Hall–Kier alpha value is -5.09. The van der Waals surface area contributed by atoms with Gasteiger partial charge in [0.05, 0.1) is 23.3 Å². The maximum absolute atomic E-state index is 13.5. The summed E-state index contributed by atoms with van der Waals surface area (Å²) in [5.41, 5.74) is 1.24. The molecule has 10 nitrogen and oxygen atoms in total. The van der Waals surface area contributed by atoms with Crippen molar-refractivity contribution in [1.29, 1.82) is 10.5 Å². The molecule has 1 fully saturated rings. The van der Waals surface area contributed by atoms with Crippen LogP contribution in [-0.2, 0) is 0 Å². The number of carboxylic acid groups (broad SMARTS) is 1. The molecule has 2 amide bonds. The van der Waals surface area contributed by atoms with Gasteiger partial charge in [0.1, 0.15) is 17.1 Å². The molecule has 0 bridgehead atoms. The van der Waals surface area contributed by atoms with Crippen LogP contribution in [0.2, 0.25) is 0 Å². The highest BCUT2D eigenvalue weighted by Crippen LogP contribution is 2.31. The van der Waals surface area contributed by atoms with Crippen molar-refractivity contribution < 1.29 is 24.2 Å². The van der Waals surface area contributed by atoms with Crippen LogP contribution < -0.4 is 14.8 Å². The number of nitriles is 2. The summed E-state index contributed by atoms with van der Waals surface area (Å²) in [4.78, 5) is 30.3. The number of carbonyl (C=O) groups is 2. The molecule has 2 aromatic carbocycles. The number of amides is 2. The van der Waals surface area contributed by atoms with Gasteiger partial charge in [-0.3, -0.25) is 4.79 Å². The van der Waals surface area contributed by atoms with Gasteiger partial charge in [-0.25, -0.2) is 4.79 Å². The molecular formula is C28H25N5O5. The van der Waals surface area contributed by atoms with Gasteiger partial charge in [-0.2, -0.15) is 15.5 Å².